The van der Waals surface area contributed by atoms with Crippen molar-refractivity contribution >= 4 is 22.9 Å². The van der Waals surface area contributed by atoms with Crippen LogP contribution in [0.5, 0.6) is 5.75 Å². The second-order valence-electron chi connectivity index (χ2n) is 3.43. The van der Waals surface area contributed by atoms with Crippen molar-refractivity contribution in [1.29, 1.82) is 5.26 Å². The topological polar surface area (TPSA) is 33.0 Å². The van der Waals surface area contributed by atoms with Crippen LogP contribution in [0.15, 0.2) is 35.7 Å². The van der Waals surface area contributed by atoms with Crippen molar-refractivity contribution in [2.24, 2.45) is 0 Å². The molecule has 0 saturated carbocycles. The van der Waals surface area contributed by atoms with E-state index in [-0.39, 0.29) is 0 Å². The average molecular weight is 264 g/mol. The molecule has 0 spiro atoms. The highest BCUT2D eigenvalue weighted by Gasteiger charge is 2.04. The van der Waals surface area contributed by atoms with Gasteiger partial charge in [0.2, 0.25) is 0 Å². The molecule has 1 heterocycles. The molecule has 0 fully saturated rings. The molecule has 0 N–H and O–H groups in total. The Morgan fingerprint density at radius 2 is 2.24 bits per heavy atom. The maximum Gasteiger partial charge on any atom is 0.138 e. The van der Waals surface area contributed by atoms with Gasteiger partial charge in [-0.05, 0) is 23.6 Å². The van der Waals surface area contributed by atoms with E-state index in [1.807, 2.05) is 11.4 Å². The van der Waals surface area contributed by atoms with Crippen molar-refractivity contribution in [3.63, 3.8) is 0 Å². The van der Waals surface area contributed by atoms with Gasteiger partial charge in [0.15, 0.2) is 0 Å². The molecule has 17 heavy (non-hydrogen) atoms. The molecule has 0 saturated heterocycles. The molecule has 0 aliphatic rings. The fourth-order valence-electron chi connectivity index (χ4n) is 1.42. The Morgan fingerprint density at radius 3 is 2.94 bits per heavy atom. The Balaban J connectivity index is 1.99. The molecular weight excluding hydrogens is 254 g/mol. The third-order valence-corrected chi connectivity index (χ3v) is 3.42. The largest absolute Gasteiger partial charge is 0.492 e. The van der Waals surface area contributed by atoms with E-state index in [9.17, 15) is 0 Å². The standard InChI is InChI=1S/C13H10ClNOS/c14-11-4-3-10(9-15)13(8-11)16-6-5-12-2-1-7-17-12/h1-4,7-8H,5-6H2. The van der Waals surface area contributed by atoms with E-state index in [1.54, 1.807) is 29.5 Å². The molecule has 86 valence electrons. The molecule has 0 atom stereocenters. The lowest BCUT2D eigenvalue weighted by atomic mass is 10.2. The Labute approximate surface area is 109 Å². The predicted molar refractivity (Wildman–Crippen MR) is 69.7 cm³/mol. The first-order chi connectivity index (χ1) is 8.29. The summed E-state index contributed by atoms with van der Waals surface area (Å²) in [6.07, 6.45) is 0.842. The highest BCUT2D eigenvalue weighted by atomic mass is 35.5. The van der Waals surface area contributed by atoms with Crippen LogP contribution in [0.4, 0.5) is 0 Å². The number of nitriles is 1. The second kappa shape index (κ2) is 5.72. The smallest absolute Gasteiger partial charge is 0.138 e. The lowest BCUT2D eigenvalue weighted by molar-refractivity contribution is 0.322. The Morgan fingerprint density at radius 1 is 1.35 bits per heavy atom. The van der Waals surface area contributed by atoms with E-state index in [1.165, 1.54) is 4.88 Å². The highest BCUT2D eigenvalue weighted by Crippen LogP contribution is 2.23. The van der Waals surface area contributed by atoms with E-state index in [0.717, 1.165) is 6.42 Å². The zero-order valence-electron chi connectivity index (χ0n) is 9.02. The fourth-order valence-corrected chi connectivity index (χ4v) is 2.28. The fraction of sp³-hybridized carbons (Fsp3) is 0.154. The summed E-state index contributed by atoms with van der Waals surface area (Å²) in [5.74, 6) is 0.552. The van der Waals surface area contributed by atoms with Gasteiger partial charge in [-0.25, -0.2) is 0 Å². The summed E-state index contributed by atoms with van der Waals surface area (Å²) in [6.45, 7) is 0.551. The molecular formula is C13H10ClNOS. The summed E-state index contributed by atoms with van der Waals surface area (Å²) in [6, 6.07) is 11.2. The van der Waals surface area contributed by atoms with Crippen LogP contribution >= 0.6 is 22.9 Å². The van der Waals surface area contributed by atoms with E-state index in [4.69, 9.17) is 21.6 Å². The van der Waals surface area contributed by atoms with Gasteiger partial charge in [-0.2, -0.15) is 5.26 Å². The third-order valence-electron chi connectivity index (χ3n) is 2.25. The van der Waals surface area contributed by atoms with Gasteiger partial charge in [-0.3, -0.25) is 0 Å². The van der Waals surface area contributed by atoms with Crippen LogP contribution in [0, 0.1) is 11.3 Å². The molecule has 0 amide bonds. The van der Waals surface area contributed by atoms with Crippen LogP contribution in [0.3, 0.4) is 0 Å². The minimum absolute atomic E-state index is 0.514. The first-order valence-corrected chi connectivity index (χ1v) is 6.40. The van der Waals surface area contributed by atoms with Crippen molar-refractivity contribution in [3.8, 4) is 11.8 Å². The summed E-state index contributed by atoms with van der Waals surface area (Å²) in [7, 11) is 0. The van der Waals surface area contributed by atoms with Crippen molar-refractivity contribution in [1.82, 2.24) is 0 Å². The van der Waals surface area contributed by atoms with E-state index < -0.39 is 0 Å². The number of thiophene rings is 1. The van der Waals surface area contributed by atoms with Crippen molar-refractivity contribution < 1.29 is 4.74 Å². The van der Waals surface area contributed by atoms with Crippen molar-refractivity contribution in [3.05, 3.63) is 51.2 Å². The molecule has 0 unspecified atom stereocenters. The number of benzene rings is 1. The second-order valence-corrected chi connectivity index (χ2v) is 4.90. The van der Waals surface area contributed by atoms with Gasteiger partial charge in [0.05, 0.1) is 12.2 Å². The molecule has 2 aromatic rings. The summed E-state index contributed by atoms with van der Waals surface area (Å²) >= 11 is 7.57. The number of hydrogen-bond donors (Lipinski definition) is 0. The van der Waals surface area contributed by atoms with Gasteiger partial charge < -0.3 is 4.74 Å². The van der Waals surface area contributed by atoms with Gasteiger partial charge >= 0.3 is 0 Å². The minimum atomic E-state index is 0.514. The lowest BCUT2D eigenvalue weighted by Crippen LogP contribution is -2.01. The molecule has 1 aromatic carbocycles. The van der Waals surface area contributed by atoms with Crippen LogP contribution in [-0.2, 0) is 6.42 Å². The zero-order valence-corrected chi connectivity index (χ0v) is 10.6. The summed E-state index contributed by atoms with van der Waals surface area (Å²) in [5, 5.41) is 11.5. The Hall–Kier alpha value is -1.50. The average Bonchev–Trinajstić information content (AvgIpc) is 2.82. The van der Waals surface area contributed by atoms with Gasteiger partial charge in [0, 0.05) is 22.4 Å². The summed E-state index contributed by atoms with van der Waals surface area (Å²) in [5.41, 5.74) is 0.514. The maximum atomic E-state index is 8.92. The van der Waals surface area contributed by atoms with Crippen molar-refractivity contribution in [2.75, 3.05) is 6.61 Å². The maximum absolute atomic E-state index is 8.92. The first-order valence-electron chi connectivity index (χ1n) is 5.14. The van der Waals surface area contributed by atoms with Crippen LogP contribution in [0.2, 0.25) is 5.02 Å². The Bertz CT molecular complexity index is 531. The van der Waals surface area contributed by atoms with Crippen molar-refractivity contribution in [2.45, 2.75) is 6.42 Å². The molecule has 1 aromatic heterocycles. The van der Waals surface area contributed by atoms with E-state index in [2.05, 4.69) is 12.1 Å². The predicted octanol–water partition coefficient (Wildman–Crippen LogP) is 3.89. The monoisotopic (exact) mass is 263 g/mol. The van der Waals surface area contributed by atoms with Crippen LogP contribution in [-0.4, -0.2) is 6.61 Å². The van der Waals surface area contributed by atoms with Crippen LogP contribution in [0.1, 0.15) is 10.4 Å². The third kappa shape index (κ3) is 3.23. The quantitative estimate of drug-likeness (QED) is 0.838. The van der Waals surface area contributed by atoms with Gasteiger partial charge in [0.1, 0.15) is 11.8 Å². The van der Waals surface area contributed by atoms with Crippen LogP contribution in [0.25, 0.3) is 0 Å². The van der Waals surface area contributed by atoms with Gasteiger partial charge in [-0.1, -0.05) is 17.7 Å². The molecule has 0 aliphatic heterocycles. The molecule has 2 nitrogen and oxygen atoms in total. The molecule has 4 heteroatoms. The number of rotatable bonds is 4. The normalized spacial score (nSPS) is 9.88. The first kappa shape index (κ1) is 12.0. The van der Waals surface area contributed by atoms with E-state index >= 15 is 0 Å². The number of hydrogen-bond acceptors (Lipinski definition) is 3. The Kier molecular flexibility index (Phi) is 4.03. The lowest BCUT2D eigenvalue weighted by Gasteiger charge is -2.07. The number of nitrogens with zero attached hydrogens (tertiary/aromatic N) is 1. The van der Waals surface area contributed by atoms with Gasteiger partial charge in [-0.15, -0.1) is 11.3 Å². The number of ether oxygens (including phenoxy) is 1. The minimum Gasteiger partial charge on any atom is -0.492 e. The molecule has 0 aliphatic carbocycles. The van der Waals surface area contributed by atoms with Gasteiger partial charge in [0.25, 0.3) is 0 Å². The molecule has 2 rings (SSSR count). The van der Waals surface area contributed by atoms with E-state index in [0.29, 0.717) is 22.9 Å². The molecule has 0 radical (unpaired) electrons. The summed E-state index contributed by atoms with van der Waals surface area (Å²) < 4.78 is 5.58. The summed E-state index contributed by atoms with van der Waals surface area (Å²) in [4.78, 5) is 1.27. The van der Waals surface area contributed by atoms with Crippen LogP contribution < -0.4 is 4.74 Å². The SMILES string of the molecule is N#Cc1ccc(Cl)cc1OCCc1cccs1. The number of halogens is 1. The zero-order chi connectivity index (χ0) is 12.1. The highest BCUT2D eigenvalue weighted by molar-refractivity contribution is 7.09. The molecule has 0 bridgehead atoms.